The number of pyridine rings is 1. The molecule has 0 unspecified atom stereocenters. The lowest BCUT2D eigenvalue weighted by Gasteiger charge is -2.35. The Kier molecular flexibility index (Phi) is 5.36. The zero-order valence-electron chi connectivity index (χ0n) is 16.0. The van der Waals surface area contributed by atoms with E-state index in [0.717, 1.165) is 37.2 Å². The van der Waals surface area contributed by atoms with Gasteiger partial charge < -0.3 is 5.32 Å². The first-order valence-electron chi connectivity index (χ1n) is 9.62. The molecule has 3 heterocycles. The van der Waals surface area contributed by atoms with E-state index in [1.54, 1.807) is 6.20 Å². The van der Waals surface area contributed by atoms with Crippen LogP contribution >= 0.6 is 0 Å². The van der Waals surface area contributed by atoms with E-state index in [0.29, 0.717) is 18.9 Å². The average Bonchev–Trinajstić information content (AvgIpc) is 3.13. The molecule has 0 bridgehead atoms. The van der Waals surface area contributed by atoms with Crippen LogP contribution in [0.3, 0.4) is 0 Å². The minimum Gasteiger partial charge on any atom is -0.351 e. The molecule has 146 valence electrons. The maximum absolute atomic E-state index is 12.3. The highest BCUT2D eigenvalue weighted by molar-refractivity contribution is 5.97. The van der Waals surface area contributed by atoms with Gasteiger partial charge in [0, 0.05) is 38.7 Å². The maximum Gasteiger partial charge on any atom is 0.234 e. The van der Waals surface area contributed by atoms with Crippen molar-refractivity contribution in [3.63, 3.8) is 0 Å². The molecule has 0 radical (unpaired) electrons. The third-order valence-corrected chi connectivity index (χ3v) is 5.14. The fourth-order valence-electron chi connectivity index (χ4n) is 3.56. The first-order chi connectivity index (χ1) is 13.6. The second-order valence-corrected chi connectivity index (χ2v) is 7.37. The Labute approximate surface area is 164 Å². The second-order valence-electron chi connectivity index (χ2n) is 7.37. The van der Waals surface area contributed by atoms with Gasteiger partial charge in [0.25, 0.3) is 0 Å². The molecular weight excluding hydrogens is 354 g/mol. The van der Waals surface area contributed by atoms with Crippen LogP contribution in [-0.4, -0.2) is 47.0 Å². The quantitative estimate of drug-likeness (QED) is 0.828. The lowest BCUT2D eigenvalue weighted by Crippen LogP contribution is -2.47. The van der Waals surface area contributed by atoms with Crippen molar-refractivity contribution in [2.24, 2.45) is 4.99 Å². The number of rotatable bonds is 5. The summed E-state index contributed by atoms with van der Waals surface area (Å²) in [5.74, 6) is 0.713. The number of aryl methyl sites for hydroxylation is 1. The van der Waals surface area contributed by atoms with Crippen LogP contribution in [0.15, 0.2) is 53.7 Å². The molecule has 0 saturated carbocycles. The standard InChI is InChI=1S/C21H25N5O2/c1-16-5-4-6-17(13-16)14-23-19(27)15-26-11-8-21(9-12-26)24-20(25-28-21)18-7-2-3-10-22-18/h2-7,10,13H,8-9,11-12,14-15H2,1H3,(H,23,27)(H,24,25). The van der Waals surface area contributed by atoms with Gasteiger partial charge >= 0.3 is 0 Å². The third kappa shape index (κ3) is 4.37. The van der Waals surface area contributed by atoms with Crippen molar-refractivity contribution in [2.75, 3.05) is 19.6 Å². The Hall–Kier alpha value is -2.77. The van der Waals surface area contributed by atoms with Crippen molar-refractivity contribution in [2.45, 2.75) is 32.0 Å². The second kappa shape index (κ2) is 8.08. The Morgan fingerprint density at radius 1 is 1.25 bits per heavy atom. The van der Waals surface area contributed by atoms with Crippen LogP contribution in [0.5, 0.6) is 0 Å². The van der Waals surface area contributed by atoms with Gasteiger partial charge in [0.2, 0.25) is 5.91 Å². The average molecular weight is 379 g/mol. The van der Waals surface area contributed by atoms with Gasteiger partial charge in [0.15, 0.2) is 11.6 Å². The number of hydroxylamine groups is 1. The highest BCUT2D eigenvalue weighted by atomic mass is 16.7. The largest absolute Gasteiger partial charge is 0.351 e. The number of amides is 1. The summed E-state index contributed by atoms with van der Waals surface area (Å²) >= 11 is 0. The van der Waals surface area contributed by atoms with E-state index in [-0.39, 0.29) is 5.91 Å². The first-order valence-corrected chi connectivity index (χ1v) is 9.62. The molecule has 2 aliphatic heterocycles. The van der Waals surface area contributed by atoms with Crippen LogP contribution < -0.4 is 10.8 Å². The lowest BCUT2D eigenvalue weighted by atomic mass is 10.0. The van der Waals surface area contributed by atoms with Crippen molar-refractivity contribution >= 4 is 11.7 Å². The number of amidine groups is 1. The van der Waals surface area contributed by atoms with E-state index in [4.69, 9.17) is 9.83 Å². The van der Waals surface area contributed by atoms with Gasteiger partial charge in [-0.25, -0.2) is 15.3 Å². The number of hydrogen-bond donors (Lipinski definition) is 2. The number of carbonyl (C=O) groups excluding carboxylic acids is 1. The molecule has 4 rings (SSSR count). The Morgan fingerprint density at radius 3 is 2.86 bits per heavy atom. The van der Waals surface area contributed by atoms with Crippen LogP contribution in [0.2, 0.25) is 0 Å². The Bertz CT molecular complexity index is 860. The molecule has 1 aromatic carbocycles. The number of nitrogens with one attached hydrogen (secondary N) is 2. The number of likely N-dealkylation sites (tertiary alicyclic amines) is 1. The predicted molar refractivity (Wildman–Crippen MR) is 106 cm³/mol. The fourth-order valence-corrected chi connectivity index (χ4v) is 3.56. The molecule has 1 spiro atoms. The van der Waals surface area contributed by atoms with Crippen molar-refractivity contribution in [1.82, 2.24) is 20.7 Å². The van der Waals surface area contributed by atoms with E-state index >= 15 is 0 Å². The van der Waals surface area contributed by atoms with Crippen molar-refractivity contribution < 1.29 is 9.63 Å². The Morgan fingerprint density at radius 2 is 2.11 bits per heavy atom. The van der Waals surface area contributed by atoms with E-state index in [9.17, 15) is 4.79 Å². The number of benzene rings is 1. The van der Waals surface area contributed by atoms with Gasteiger partial charge in [-0.05, 0) is 24.6 Å². The molecule has 0 atom stereocenters. The van der Waals surface area contributed by atoms with E-state index in [2.05, 4.69) is 39.7 Å². The van der Waals surface area contributed by atoms with Gasteiger partial charge in [-0.3, -0.25) is 14.7 Å². The highest BCUT2D eigenvalue weighted by Crippen LogP contribution is 2.30. The highest BCUT2D eigenvalue weighted by Gasteiger charge is 2.40. The Balaban J connectivity index is 1.26. The van der Waals surface area contributed by atoms with Crippen molar-refractivity contribution in [1.29, 1.82) is 0 Å². The topological polar surface area (TPSA) is 78.9 Å². The number of piperidine rings is 1. The van der Waals surface area contributed by atoms with Gasteiger partial charge in [0.05, 0.1) is 6.54 Å². The van der Waals surface area contributed by atoms with Crippen LogP contribution in [-0.2, 0) is 16.2 Å². The predicted octanol–water partition coefficient (Wildman–Crippen LogP) is 1.78. The number of nitrogens with zero attached hydrogens (tertiary/aromatic N) is 3. The molecule has 7 nitrogen and oxygen atoms in total. The number of carbonyl (C=O) groups is 1. The molecule has 0 aliphatic carbocycles. The molecule has 1 saturated heterocycles. The minimum atomic E-state index is -0.554. The number of aromatic nitrogens is 1. The summed E-state index contributed by atoms with van der Waals surface area (Å²) in [7, 11) is 0. The van der Waals surface area contributed by atoms with E-state index < -0.39 is 5.72 Å². The number of aliphatic imine (C=N–C) groups is 1. The van der Waals surface area contributed by atoms with Gasteiger partial charge in [-0.2, -0.15) is 0 Å². The van der Waals surface area contributed by atoms with Crippen molar-refractivity contribution in [3.8, 4) is 0 Å². The van der Waals surface area contributed by atoms with Crippen LogP contribution in [0.1, 0.15) is 29.7 Å². The summed E-state index contributed by atoms with van der Waals surface area (Å²) in [5.41, 5.74) is 5.46. The normalized spacial score (nSPS) is 18.5. The lowest BCUT2D eigenvalue weighted by molar-refractivity contribution is -0.125. The molecule has 2 aromatic rings. The van der Waals surface area contributed by atoms with Crippen LogP contribution in [0.4, 0.5) is 0 Å². The summed E-state index contributed by atoms with van der Waals surface area (Å²) in [4.78, 5) is 29.3. The van der Waals surface area contributed by atoms with Gasteiger partial charge in [0.1, 0.15) is 5.69 Å². The van der Waals surface area contributed by atoms with Gasteiger partial charge in [-0.1, -0.05) is 35.9 Å². The zero-order chi connectivity index (χ0) is 19.4. The summed E-state index contributed by atoms with van der Waals surface area (Å²) in [6, 6.07) is 13.9. The minimum absolute atomic E-state index is 0.0422. The molecule has 7 heteroatoms. The first kappa shape index (κ1) is 18.6. The van der Waals surface area contributed by atoms with Crippen LogP contribution in [0, 0.1) is 6.92 Å². The zero-order valence-corrected chi connectivity index (χ0v) is 16.0. The monoisotopic (exact) mass is 379 g/mol. The molecule has 1 aromatic heterocycles. The maximum atomic E-state index is 12.3. The summed E-state index contributed by atoms with van der Waals surface area (Å²) in [6.07, 6.45) is 3.21. The molecule has 2 aliphatic rings. The fraction of sp³-hybridized carbons (Fsp3) is 0.381. The number of hydrogen-bond acceptors (Lipinski definition) is 6. The SMILES string of the molecule is Cc1cccc(CNC(=O)CN2CCC3(CC2)N=C(c2ccccn2)NO3)c1. The summed E-state index contributed by atoms with van der Waals surface area (Å²) in [6.45, 7) is 4.53. The third-order valence-electron chi connectivity index (χ3n) is 5.14. The smallest absolute Gasteiger partial charge is 0.234 e. The summed E-state index contributed by atoms with van der Waals surface area (Å²) in [5, 5.41) is 3.00. The van der Waals surface area contributed by atoms with E-state index in [1.807, 2.05) is 30.3 Å². The molecule has 1 amide bonds. The van der Waals surface area contributed by atoms with Crippen LogP contribution in [0.25, 0.3) is 0 Å². The molecule has 1 fully saturated rings. The summed E-state index contributed by atoms with van der Waals surface area (Å²) < 4.78 is 0. The van der Waals surface area contributed by atoms with E-state index in [1.165, 1.54) is 5.56 Å². The van der Waals surface area contributed by atoms with Crippen molar-refractivity contribution in [3.05, 3.63) is 65.5 Å². The molecule has 2 N–H and O–H groups in total. The van der Waals surface area contributed by atoms with Gasteiger partial charge in [-0.15, -0.1) is 0 Å². The molecule has 28 heavy (non-hydrogen) atoms. The molecular formula is C21H25N5O2.